The Balaban J connectivity index is 1.53. The molecule has 3 N–H and O–H groups in total. The maximum Gasteiger partial charge on any atom is 0.408 e. The molecule has 1 saturated carbocycles. The number of carbonyl (C=O) groups excluding carboxylic acids is 4. The fourth-order valence-electron chi connectivity index (χ4n) is 5.69. The SMILES string of the molecule is C[C@@H](NC(=O)[C@@]12C[C@H]1/C=C\CCCCC[C@H](NC(=O)OC(C)(C)C)C(=O)N1CCC[C@H]1C(=O)N2)c1ccccc1. The number of rotatable bonds is 4. The molecule has 2 fully saturated rings. The lowest BCUT2D eigenvalue weighted by molar-refractivity contribution is -0.141. The monoisotopic (exact) mass is 552 g/mol. The summed E-state index contributed by atoms with van der Waals surface area (Å²) in [4.78, 5) is 55.1. The zero-order valence-electron chi connectivity index (χ0n) is 24.2. The van der Waals surface area contributed by atoms with Gasteiger partial charge in [0.2, 0.25) is 17.7 Å². The van der Waals surface area contributed by atoms with Crippen LogP contribution in [-0.2, 0) is 19.1 Å². The molecule has 0 unspecified atom stereocenters. The van der Waals surface area contributed by atoms with Crippen LogP contribution >= 0.6 is 0 Å². The van der Waals surface area contributed by atoms with Crippen LogP contribution in [-0.4, -0.2) is 58.5 Å². The molecule has 1 aromatic rings. The molecule has 2 heterocycles. The smallest absolute Gasteiger partial charge is 0.408 e. The number of hydrogen-bond donors (Lipinski definition) is 3. The Labute approximate surface area is 237 Å². The van der Waals surface area contributed by atoms with E-state index in [1.54, 1.807) is 25.7 Å². The lowest BCUT2D eigenvalue weighted by atomic mass is 10.0. The van der Waals surface area contributed by atoms with E-state index in [1.165, 1.54) is 0 Å². The minimum absolute atomic E-state index is 0.100. The highest BCUT2D eigenvalue weighted by Crippen LogP contribution is 2.46. The third-order valence-corrected chi connectivity index (χ3v) is 7.97. The molecule has 1 aromatic carbocycles. The molecule has 5 atom stereocenters. The number of allylic oxidation sites excluding steroid dienone is 1. The summed E-state index contributed by atoms with van der Waals surface area (Å²) in [5.41, 5.74) is -0.745. The fourth-order valence-corrected chi connectivity index (χ4v) is 5.69. The minimum Gasteiger partial charge on any atom is -0.444 e. The molecule has 0 spiro atoms. The Bertz CT molecular complexity index is 1110. The Hall–Kier alpha value is -3.36. The third-order valence-electron chi connectivity index (χ3n) is 7.97. The van der Waals surface area contributed by atoms with Gasteiger partial charge in [0, 0.05) is 12.5 Å². The number of fused-ring (bicyclic) bond motifs is 2. The number of hydrogen-bond acceptors (Lipinski definition) is 5. The summed E-state index contributed by atoms with van der Waals surface area (Å²) in [5, 5.41) is 8.93. The molecule has 1 saturated heterocycles. The number of ether oxygens (including phenoxy) is 1. The van der Waals surface area contributed by atoms with Crippen LogP contribution in [0, 0.1) is 5.92 Å². The van der Waals surface area contributed by atoms with Gasteiger partial charge in [0.1, 0.15) is 23.2 Å². The topological polar surface area (TPSA) is 117 Å². The van der Waals surface area contributed by atoms with E-state index in [0.29, 0.717) is 32.2 Å². The quantitative estimate of drug-likeness (QED) is 0.486. The number of carbonyl (C=O) groups is 4. The van der Waals surface area contributed by atoms with E-state index in [9.17, 15) is 19.2 Å². The van der Waals surface area contributed by atoms with E-state index in [-0.39, 0.29) is 29.7 Å². The lowest BCUT2D eigenvalue weighted by Gasteiger charge is -2.31. The Morgan fingerprint density at radius 2 is 1.82 bits per heavy atom. The number of benzene rings is 1. The Morgan fingerprint density at radius 3 is 2.55 bits per heavy atom. The zero-order chi connectivity index (χ0) is 28.9. The van der Waals surface area contributed by atoms with Gasteiger partial charge >= 0.3 is 6.09 Å². The van der Waals surface area contributed by atoms with Gasteiger partial charge in [0.25, 0.3) is 0 Å². The van der Waals surface area contributed by atoms with Gasteiger partial charge in [-0.2, -0.15) is 0 Å². The molecular formula is C31H44N4O5. The van der Waals surface area contributed by atoms with Gasteiger partial charge in [-0.05, 0) is 71.8 Å². The molecule has 0 bridgehead atoms. The van der Waals surface area contributed by atoms with E-state index >= 15 is 0 Å². The van der Waals surface area contributed by atoms with Crippen molar-refractivity contribution in [2.75, 3.05) is 6.54 Å². The van der Waals surface area contributed by atoms with Gasteiger partial charge in [0.15, 0.2) is 0 Å². The molecule has 3 aliphatic rings. The number of nitrogens with zero attached hydrogens (tertiary/aromatic N) is 1. The van der Waals surface area contributed by atoms with Crippen LogP contribution in [0.1, 0.15) is 90.7 Å². The number of amides is 4. The summed E-state index contributed by atoms with van der Waals surface area (Å²) in [5.74, 6) is -0.914. The van der Waals surface area contributed by atoms with E-state index in [1.807, 2.05) is 37.3 Å². The van der Waals surface area contributed by atoms with E-state index < -0.39 is 29.3 Å². The van der Waals surface area contributed by atoms with Crippen molar-refractivity contribution in [3.63, 3.8) is 0 Å². The number of alkyl carbamates (subject to hydrolysis) is 1. The van der Waals surface area contributed by atoms with Gasteiger partial charge in [0.05, 0.1) is 6.04 Å². The average molecular weight is 553 g/mol. The van der Waals surface area contributed by atoms with Crippen molar-refractivity contribution in [1.29, 1.82) is 0 Å². The average Bonchev–Trinajstić information content (AvgIpc) is 3.36. The first-order valence-electron chi connectivity index (χ1n) is 14.6. The molecular weight excluding hydrogens is 508 g/mol. The molecule has 9 heteroatoms. The van der Waals surface area contributed by atoms with E-state index in [4.69, 9.17) is 4.74 Å². The summed E-state index contributed by atoms with van der Waals surface area (Å²) in [6.45, 7) is 7.68. The predicted molar refractivity (Wildman–Crippen MR) is 152 cm³/mol. The van der Waals surface area contributed by atoms with Crippen LogP contribution in [0.2, 0.25) is 0 Å². The zero-order valence-corrected chi connectivity index (χ0v) is 24.2. The molecule has 4 amide bonds. The van der Waals surface area contributed by atoms with Crippen LogP contribution < -0.4 is 16.0 Å². The van der Waals surface area contributed by atoms with Crippen molar-refractivity contribution >= 4 is 23.8 Å². The highest BCUT2D eigenvalue weighted by molar-refractivity contribution is 5.98. The summed E-state index contributed by atoms with van der Waals surface area (Å²) >= 11 is 0. The van der Waals surface area contributed by atoms with Crippen LogP contribution in [0.15, 0.2) is 42.5 Å². The second-order valence-corrected chi connectivity index (χ2v) is 12.3. The van der Waals surface area contributed by atoms with E-state index in [0.717, 1.165) is 31.2 Å². The predicted octanol–water partition coefficient (Wildman–Crippen LogP) is 4.14. The molecule has 2 aliphatic heterocycles. The van der Waals surface area contributed by atoms with Gasteiger partial charge in [-0.1, -0.05) is 55.3 Å². The fraction of sp³-hybridized carbons (Fsp3) is 0.613. The maximum absolute atomic E-state index is 13.7. The third kappa shape index (κ3) is 7.23. The van der Waals surface area contributed by atoms with Crippen molar-refractivity contribution in [2.24, 2.45) is 5.92 Å². The second-order valence-electron chi connectivity index (χ2n) is 12.3. The molecule has 9 nitrogen and oxygen atoms in total. The number of nitrogens with one attached hydrogen (secondary N) is 3. The first-order valence-corrected chi connectivity index (χ1v) is 14.6. The maximum atomic E-state index is 13.7. The van der Waals surface area contributed by atoms with Gasteiger partial charge in [-0.25, -0.2) is 4.79 Å². The van der Waals surface area contributed by atoms with Crippen LogP contribution in [0.25, 0.3) is 0 Å². The highest BCUT2D eigenvalue weighted by Gasteiger charge is 2.60. The van der Waals surface area contributed by atoms with Crippen LogP contribution in [0.4, 0.5) is 4.79 Å². The molecule has 1 aliphatic carbocycles. The molecule has 0 aromatic heterocycles. The molecule has 218 valence electrons. The first-order chi connectivity index (χ1) is 19.0. The van der Waals surface area contributed by atoms with Crippen molar-refractivity contribution in [3.05, 3.63) is 48.0 Å². The standard InChI is InChI=1S/C31H44N4O5/c1-21(22-14-9-8-10-15-22)32-28(38)31-20-23(31)16-11-6-5-7-12-17-24(33-29(39)40-30(2,3)4)27(37)35-19-13-18-25(35)26(36)34-31/h8-11,14-16,21,23-25H,5-7,12-13,17-20H2,1-4H3,(H,32,38)(H,33,39)(H,34,36)/b16-11-/t21-,23-,24+,25+,31-/m1/s1. The van der Waals surface area contributed by atoms with Crippen LogP contribution in [0.5, 0.6) is 0 Å². The summed E-state index contributed by atoms with van der Waals surface area (Å²) < 4.78 is 5.42. The minimum atomic E-state index is -1.04. The molecule has 0 radical (unpaired) electrons. The summed E-state index contributed by atoms with van der Waals surface area (Å²) in [6.07, 6.45) is 9.11. The van der Waals surface area contributed by atoms with E-state index in [2.05, 4.69) is 28.1 Å². The Morgan fingerprint density at radius 1 is 1.07 bits per heavy atom. The normalized spacial score (nSPS) is 29.0. The first kappa shape index (κ1) is 29.6. The lowest BCUT2D eigenvalue weighted by Crippen LogP contribution is -2.58. The van der Waals surface area contributed by atoms with Crippen molar-refractivity contribution in [3.8, 4) is 0 Å². The second kappa shape index (κ2) is 12.4. The molecule has 4 rings (SSSR count). The van der Waals surface area contributed by atoms with Gasteiger partial charge < -0.3 is 25.6 Å². The van der Waals surface area contributed by atoms with Crippen molar-refractivity contribution < 1.29 is 23.9 Å². The van der Waals surface area contributed by atoms with Crippen molar-refractivity contribution in [1.82, 2.24) is 20.9 Å². The highest BCUT2D eigenvalue weighted by atomic mass is 16.6. The van der Waals surface area contributed by atoms with Gasteiger partial charge in [-0.3, -0.25) is 14.4 Å². The Kier molecular flexibility index (Phi) is 9.21. The molecule has 40 heavy (non-hydrogen) atoms. The summed E-state index contributed by atoms with van der Waals surface area (Å²) in [7, 11) is 0. The largest absolute Gasteiger partial charge is 0.444 e. The van der Waals surface area contributed by atoms with Crippen LogP contribution in [0.3, 0.4) is 0 Å². The summed E-state index contributed by atoms with van der Waals surface area (Å²) in [6, 6.07) is 8.04. The van der Waals surface area contributed by atoms with Gasteiger partial charge in [-0.15, -0.1) is 0 Å². The van der Waals surface area contributed by atoms with Crippen molar-refractivity contribution in [2.45, 2.75) is 108 Å².